The predicted molar refractivity (Wildman–Crippen MR) is 105 cm³/mol. The Bertz CT molecular complexity index is 925. The third kappa shape index (κ3) is 5.01. The Kier molecular flexibility index (Phi) is 5.68. The minimum atomic E-state index is -3.61. The summed E-state index contributed by atoms with van der Waals surface area (Å²) in [7, 11) is -3.61. The molecular formula is C19H16ClNO2S2. The van der Waals surface area contributed by atoms with Crippen LogP contribution in [-0.4, -0.2) is 8.42 Å². The predicted octanol–water partition coefficient (Wildman–Crippen LogP) is 5.43. The number of benzene rings is 3. The van der Waals surface area contributed by atoms with Crippen LogP contribution in [0.1, 0.15) is 5.56 Å². The van der Waals surface area contributed by atoms with Crippen LogP contribution >= 0.6 is 23.4 Å². The van der Waals surface area contributed by atoms with Gasteiger partial charge in [0, 0.05) is 21.4 Å². The van der Waals surface area contributed by atoms with Gasteiger partial charge in [0.15, 0.2) is 0 Å². The van der Waals surface area contributed by atoms with Crippen LogP contribution in [0.4, 0.5) is 5.69 Å². The molecule has 0 aromatic heterocycles. The van der Waals surface area contributed by atoms with Crippen LogP contribution in [0.25, 0.3) is 0 Å². The van der Waals surface area contributed by atoms with E-state index < -0.39 is 10.0 Å². The van der Waals surface area contributed by atoms with Crippen LogP contribution in [0, 0.1) is 0 Å². The molecule has 25 heavy (non-hydrogen) atoms. The molecule has 0 fully saturated rings. The van der Waals surface area contributed by atoms with Crippen molar-refractivity contribution in [3.63, 3.8) is 0 Å². The van der Waals surface area contributed by atoms with E-state index >= 15 is 0 Å². The zero-order chi connectivity index (χ0) is 17.7. The van der Waals surface area contributed by atoms with Gasteiger partial charge in [-0.05, 0) is 54.1 Å². The molecule has 3 aromatic rings. The molecule has 3 rings (SSSR count). The number of anilines is 1. The molecule has 0 bridgehead atoms. The van der Waals surface area contributed by atoms with Crippen molar-refractivity contribution >= 4 is 39.1 Å². The number of hydrogen-bond acceptors (Lipinski definition) is 3. The van der Waals surface area contributed by atoms with Gasteiger partial charge < -0.3 is 0 Å². The summed E-state index contributed by atoms with van der Waals surface area (Å²) in [4.78, 5) is 1.38. The largest absolute Gasteiger partial charge is 0.280 e. The summed E-state index contributed by atoms with van der Waals surface area (Å²) in [5.74, 6) is 0.828. The zero-order valence-corrected chi connectivity index (χ0v) is 15.6. The van der Waals surface area contributed by atoms with E-state index in [2.05, 4.69) is 16.9 Å². The van der Waals surface area contributed by atoms with Gasteiger partial charge in [-0.1, -0.05) is 41.9 Å². The van der Waals surface area contributed by atoms with Crippen molar-refractivity contribution in [2.24, 2.45) is 0 Å². The molecule has 3 aromatic carbocycles. The molecule has 3 nitrogen and oxygen atoms in total. The van der Waals surface area contributed by atoms with E-state index in [1.54, 1.807) is 36.0 Å². The van der Waals surface area contributed by atoms with Crippen LogP contribution in [-0.2, 0) is 15.8 Å². The van der Waals surface area contributed by atoms with Crippen molar-refractivity contribution in [2.45, 2.75) is 15.5 Å². The molecule has 1 N–H and O–H groups in total. The fourth-order valence-corrected chi connectivity index (χ4v) is 4.24. The number of halogens is 1. The lowest BCUT2D eigenvalue weighted by Crippen LogP contribution is -2.12. The third-order valence-corrected chi connectivity index (χ3v) is 6.21. The monoisotopic (exact) mass is 389 g/mol. The first-order valence-corrected chi connectivity index (χ1v) is 10.4. The quantitative estimate of drug-likeness (QED) is 0.571. The maximum atomic E-state index is 12.4. The smallest absolute Gasteiger partial charge is 0.261 e. The van der Waals surface area contributed by atoms with Gasteiger partial charge in [0.25, 0.3) is 10.0 Å². The van der Waals surface area contributed by atoms with Crippen LogP contribution in [0.5, 0.6) is 0 Å². The molecular weight excluding hydrogens is 374 g/mol. The summed E-state index contributed by atoms with van der Waals surface area (Å²) in [5.41, 5.74) is 1.66. The molecule has 0 saturated carbocycles. The number of thioether (sulfide) groups is 1. The Morgan fingerprint density at radius 2 is 1.48 bits per heavy atom. The van der Waals surface area contributed by atoms with E-state index in [4.69, 9.17) is 11.6 Å². The normalized spacial score (nSPS) is 11.2. The highest BCUT2D eigenvalue weighted by Gasteiger charge is 2.13. The summed E-state index contributed by atoms with van der Waals surface area (Å²) in [6, 6.07) is 23.6. The molecule has 128 valence electrons. The molecule has 0 atom stereocenters. The maximum absolute atomic E-state index is 12.4. The van der Waals surface area contributed by atoms with E-state index in [-0.39, 0.29) is 4.90 Å². The third-order valence-electron chi connectivity index (χ3n) is 3.48. The lowest BCUT2D eigenvalue weighted by Gasteiger charge is -2.09. The first kappa shape index (κ1) is 17.9. The van der Waals surface area contributed by atoms with Crippen molar-refractivity contribution in [2.75, 3.05) is 4.72 Å². The second-order valence-corrected chi connectivity index (χ2v) is 8.53. The van der Waals surface area contributed by atoms with Gasteiger partial charge in [0.1, 0.15) is 0 Å². The van der Waals surface area contributed by atoms with Crippen LogP contribution in [0.3, 0.4) is 0 Å². The maximum Gasteiger partial charge on any atom is 0.261 e. The Labute approximate surface area is 157 Å². The molecule has 0 aliphatic carbocycles. The summed E-state index contributed by atoms with van der Waals surface area (Å²) in [6.07, 6.45) is 0. The first-order chi connectivity index (χ1) is 12.0. The van der Waals surface area contributed by atoms with Gasteiger partial charge >= 0.3 is 0 Å². The van der Waals surface area contributed by atoms with Crippen molar-refractivity contribution in [3.8, 4) is 0 Å². The van der Waals surface area contributed by atoms with Gasteiger partial charge in [-0.2, -0.15) is 0 Å². The van der Waals surface area contributed by atoms with E-state index in [0.29, 0.717) is 10.7 Å². The average molecular weight is 390 g/mol. The number of nitrogens with one attached hydrogen (secondary N) is 1. The van der Waals surface area contributed by atoms with E-state index in [1.807, 2.05) is 30.3 Å². The van der Waals surface area contributed by atoms with Crippen molar-refractivity contribution in [1.29, 1.82) is 0 Å². The first-order valence-electron chi connectivity index (χ1n) is 7.58. The molecule has 0 aliphatic rings. The Hall–Kier alpha value is -1.95. The fraction of sp³-hybridized carbons (Fsp3) is 0.0526. The fourth-order valence-electron chi connectivity index (χ4n) is 2.18. The molecule has 0 amide bonds. The SMILES string of the molecule is O=S(=O)(Nc1ccc(CSc2ccccc2)cc1)c1ccc(Cl)cc1. The minimum Gasteiger partial charge on any atom is -0.280 e. The topological polar surface area (TPSA) is 46.2 Å². The number of rotatable bonds is 6. The minimum absolute atomic E-state index is 0.181. The molecule has 6 heteroatoms. The summed E-state index contributed by atoms with van der Waals surface area (Å²) in [6.45, 7) is 0. The van der Waals surface area contributed by atoms with Crippen molar-refractivity contribution < 1.29 is 8.42 Å². The van der Waals surface area contributed by atoms with E-state index in [0.717, 1.165) is 11.3 Å². The van der Waals surface area contributed by atoms with Crippen LogP contribution in [0.15, 0.2) is 88.7 Å². The molecule has 0 spiro atoms. The summed E-state index contributed by atoms with van der Waals surface area (Å²) >= 11 is 7.54. The lowest BCUT2D eigenvalue weighted by molar-refractivity contribution is 0.601. The highest BCUT2D eigenvalue weighted by molar-refractivity contribution is 7.98. The summed E-state index contributed by atoms with van der Waals surface area (Å²) in [5, 5.41) is 0.499. The highest BCUT2D eigenvalue weighted by atomic mass is 35.5. The summed E-state index contributed by atoms with van der Waals surface area (Å²) < 4.78 is 27.3. The molecule has 0 unspecified atom stereocenters. The van der Waals surface area contributed by atoms with Crippen molar-refractivity contribution in [1.82, 2.24) is 0 Å². The van der Waals surface area contributed by atoms with Crippen LogP contribution < -0.4 is 4.72 Å². The van der Waals surface area contributed by atoms with E-state index in [1.165, 1.54) is 17.0 Å². The van der Waals surface area contributed by atoms with Gasteiger partial charge in [0.2, 0.25) is 0 Å². The molecule has 0 heterocycles. The van der Waals surface area contributed by atoms with Crippen LogP contribution in [0.2, 0.25) is 5.02 Å². The second-order valence-electron chi connectivity index (χ2n) is 5.36. The second kappa shape index (κ2) is 7.95. The van der Waals surface area contributed by atoms with Gasteiger partial charge in [-0.3, -0.25) is 4.72 Å². The van der Waals surface area contributed by atoms with Gasteiger partial charge in [-0.25, -0.2) is 8.42 Å². The molecule has 0 saturated heterocycles. The average Bonchev–Trinajstić information content (AvgIpc) is 2.62. The highest BCUT2D eigenvalue weighted by Crippen LogP contribution is 2.24. The number of sulfonamides is 1. The Morgan fingerprint density at radius 1 is 0.840 bits per heavy atom. The van der Waals surface area contributed by atoms with E-state index in [9.17, 15) is 8.42 Å². The zero-order valence-electron chi connectivity index (χ0n) is 13.2. The van der Waals surface area contributed by atoms with Crippen molar-refractivity contribution in [3.05, 3.63) is 89.4 Å². The Balaban J connectivity index is 1.65. The molecule has 0 aliphatic heterocycles. The number of hydrogen-bond donors (Lipinski definition) is 1. The van der Waals surface area contributed by atoms with Gasteiger partial charge in [-0.15, -0.1) is 11.8 Å². The lowest BCUT2D eigenvalue weighted by atomic mass is 10.2. The Morgan fingerprint density at radius 3 is 2.12 bits per heavy atom. The van der Waals surface area contributed by atoms with Gasteiger partial charge in [0.05, 0.1) is 4.90 Å². The molecule has 0 radical (unpaired) electrons. The standard InChI is InChI=1S/C19H16ClNO2S2/c20-16-8-12-19(13-9-16)25(22,23)21-17-10-6-15(7-11-17)14-24-18-4-2-1-3-5-18/h1-13,21H,14H2.